The van der Waals surface area contributed by atoms with Gasteiger partial charge in [-0.15, -0.1) is 0 Å². The van der Waals surface area contributed by atoms with Gasteiger partial charge in [-0.25, -0.2) is 0 Å². The summed E-state index contributed by atoms with van der Waals surface area (Å²) in [5.74, 6) is -0.0867. The Morgan fingerprint density at radius 2 is 1.86 bits per heavy atom. The van der Waals surface area contributed by atoms with Crippen molar-refractivity contribution in [2.24, 2.45) is 0 Å². The number of amides is 1. The molecule has 3 nitrogen and oxygen atoms in total. The van der Waals surface area contributed by atoms with E-state index >= 15 is 0 Å². The maximum Gasteiger partial charge on any atom is 0.282 e. The summed E-state index contributed by atoms with van der Waals surface area (Å²) in [5, 5.41) is 5.79. The molecule has 2 rings (SSSR count). The summed E-state index contributed by atoms with van der Waals surface area (Å²) in [5.41, 5.74) is 2.99. The Bertz CT molecular complexity index is 656. The zero-order valence-electron chi connectivity index (χ0n) is 12.6. The number of aryl methyl sites for hydroxylation is 1. The second-order valence-corrected chi connectivity index (χ2v) is 6.17. The molecule has 0 aromatic heterocycles. The number of anilines is 1. The minimum absolute atomic E-state index is 0.0867. The third-order valence-corrected chi connectivity index (χ3v) is 3.98. The fourth-order valence-corrected chi connectivity index (χ4v) is 2.44. The van der Waals surface area contributed by atoms with Gasteiger partial charge < -0.3 is 10.6 Å². The van der Waals surface area contributed by atoms with E-state index in [1.165, 1.54) is 11.1 Å². The largest absolute Gasteiger partial charge is 0.333 e. The van der Waals surface area contributed by atoms with Crippen LogP contribution in [0.5, 0.6) is 0 Å². The molecule has 3 N–H and O–H groups in total. The number of hydrogen-bond acceptors (Lipinski definition) is 1. The average molecular weight is 338 g/mol. The van der Waals surface area contributed by atoms with Crippen molar-refractivity contribution in [1.82, 2.24) is 0 Å². The highest BCUT2D eigenvalue weighted by atomic mass is 35.5. The third-order valence-electron chi connectivity index (χ3n) is 3.43. The van der Waals surface area contributed by atoms with Crippen LogP contribution in [0.15, 0.2) is 42.5 Å². The van der Waals surface area contributed by atoms with Crippen molar-refractivity contribution < 1.29 is 10.1 Å². The Hall–Kier alpha value is -1.55. The number of benzene rings is 2. The van der Waals surface area contributed by atoms with Gasteiger partial charge in [-0.1, -0.05) is 53.0 Å². The molecule has 0 unspecified atom stereocenters. The number of hydrogen-bond donors (Lipinski definition) is 2. The van der Waals surface area contributed by atoms with Crippen LogP contribution in [0.1, 0.15) is 18.1 Å². The van der Waals surface area contributed by atoms with Gasteiger partial charge in [-0.3, -0.25) is 4.79 Å². The molecule has 0 bridgehead atoms. The minimum atomic E-state index is -0.215. The number of quaternary nitrogens is 1. The van der Waals surface area contributed by atoms with Crippen molar-refractivity contribution in [2.45, 2.75) is 26.4 Å². The van der Waals surface area contributed by atoms with Crippen LogP contribution >= 0.6 is 23.2 Å². The summed E-state index contributed by atoms with van der Waals surface area (Å²) >= 11 is 11.9. The molecule has 0 aliphatic heterocycles. The van der Waals surface area contributed by atoms with Crippen molar-refractivity contribution in [3.63, 3.8) is 0 Å². The van der Waals surface area contributed by atoms with Crippen molar-refractivity contribution in [2.75, 3.05) is 5.32 Å². The molecule has 22 heavy (non-hydrogen) atoms. The van der Waals surface area contributed by atoms with E-state index in [0.29, 0.717) is 15.7 Å². The lowest BCUT2D eigenvalue weighted by atomic mass is 10.1. The molecule has 0 aliphatic carbocycles. The zero-order valence-corrected chi connectivity index (χ0v) is 14.1. The number of nitrogens with two attached hydrogens (primary N) is 1. The second-order valence-electron chi connectivity index (χ2n) is 5.33. The van der Waals surface area contributed by atoms with Gasteiger partial charge >= 0.3 is 0 Å². The Morgan fingerprint density at radius 3 is 2.50 bits per heavy atom. The fraction of sp³-hybridized carbons (Fsp3) is 0.235. The van der Waals surface area contributed by atoms with Crippen LogP contribution in [0.25, 0.3) is 0 Å². The molecule has 0 fully saturated rings. The molecule has 116 valence electrons. The maximum atomic E-state index is 12.2. The molecule has 0 saturated heterocycles. The second kappa shape index (κ2) is 7.63. The molecule has 0 heterocycles. The number of carbonyl (C=O) groups is 1. The van der Waals surface area contributed by atoms with Crippen molar-refractivity contribution in [1.29, 1.82) is 0 Å². The van der Waals surface area contributed by atoms with Crippen LogP contribution in [-0.2, 0) is 11.3 Å². The van der Waals surface area contributed by atoms with Crippen molar-refractivity contribution in [3.8, 4) is 0 Å². The van der Waals surface area contributed by atoms with Crippen LogP contribution in [0.3, 0.4) is 0 Å². The predicted octanol–water partition coefficient (Wildman–Crippen LogP) is 3.39. The number of nitrogens with one attached hydrogen (secondary N) is 1. The Balaban J connectivity index is 1.90. The van der Waals surface area contributed by atoms with Gasteiger partial charge in [-0.05, 0) is 32.0 Å². The number of carbonyl (C=O) groups excluding carboxylic acids is 1. The van der Waals surface area contributed by atoms with E-state index in [4.69, 9.17) is 23.2 Å². The first-order chi connectivity index (χ1) is 10.5. The van der Waals surface area contributed by atoms with Crippen LogP contribution in [0.4, 0.5) is 5.69 Å². The predicted molar refractivity (Wildman–Crippen MR) is 91.4 cm³/mol. The first kappa shape index (κ1) is 16.8. The monoisotopic (exact) mass is 337 g/mol. The van der Waals surface area contributed by atoms with Gasteiger partial charge in [0.2, 0.25) is 0 Å². The summed E-state index contributed by atoms with van der Waals surface area (Å²) in [6.45, 7) is 4.68. The average Bonchev–Trinajstić information content (AvgIpc) is 2.49. The van der Waals surface area contributed by atoms with E-state index in [9.17, 15) is 4.79 Å². The fourth-order valence-electron chi connectivity index (χ4n) is 1.98. The first-order valence-electron chi connectivity index (χ1n) is 7.10. The zero-order chi connectivity index (χ0) is 16.1. The van der Waals surface area contributed by atoms with Gasteiger partial charge in [0.1, 0.15) is 6.54 Å². The number of rotatable bonds is 5. The molecule has 5 heteroatoms. The number of halogens is 2. The van der Waals surface area contributed by atoms with E-state index < -0.39 is 0 Å². The summed E-state index contributed by atoms with van der Waals surface area (Å²) in [7, 11) is 0. The van der Waals surface area contributed by atoms with Crippen LogP contribution in [0, 0.1) is 6.92 Å². The standard InChI is InChI=1S/C17H18Cl2N2O/c1-11-3-5-13(6-4-11)10-20-12(2)17(22)21-16-8-7-14(18)9-15(16)19/h3-9,12,20H,10H2,1-2H3,(H,21,22)/p+1/t12-/m0/s1. The SMILES string of the molecule is Cc1ccc(C[NH2+][C@@H](C)C(=O)Nc2ccc(Cl)cc2Cl)cc1. The van der Waals surface area contributed by atoms with Gasteiger partial charge in [0, 0.05) is 10.6 Å². The van der Waals surface area contributed by atoms with Crippen molar-refractivity contribution in [3.05, 3.63) is 63.6 Å². The molecular weight excluding hydrogens is 319 g/mol. The molecule has 0 saturated carbocycles. The van der Waals surface area contributed by atoms with Gasteiger partial charge in [0.25, 0.3) is 5.91 Å². The molecule has 1 atom stereocenters. The van der Waals surface area contributed by atoms with E-state index in [1.807, 2.05) is 12.2 Å². The lowest BCUT2D eigenvalue weighted by Gasteiger charge is -2.12. The van der Waals surface area contributed by atoms with Crippen LogP contribution < -0.4 is 10.6 Å². The highest BCUT2D eigenvalue weighted by Gasteiger charge is 2.17. The summed E-state index contributed by atoms with van der Waals surface area (Å²) in [6.07, 6.45) is 0. The van der Waals surface area contributed by atoms with Crippen molar-refractivity contribution >= 4 is 34.8 Å². The molecule has 0 radical (unpaired) electrons. The minimum Gasteiger partial charge on any atom is -0.333 e. The molecule has 2 aromatic rings. The maximum absolute atomic E-state index is 12.2. The Morgan fingerprint density at radius 1 is 1.18 bits per heavy atom. The highest BCUT2D eigenvalue weighted by molar-refractivity contribution is 6.36. The Labute approximate surface area is 140 Å². The smallest absolute Gasteiger partial charge is 0.282 e. The summed E-state index contributed by atoms with van der Waals surface area (Å²) in [4.78, 5) is 12.2. The van der Waals surface area contributed by atoms with Gasteiger partial charge in [0.15, 0.2) is 6.04 Å². The van der Waals surface area contributed by atoms with Crippen LogP contribution in [-0.4, -0.2) is 11.9 Å². The third kappa shape index (κ3) is 4.73. The van der Waals surface area contributed by atoms with Gasteiger partial charge in [-0.2, -0.15) is 0 Å². The first-order valence-corrected chi connectivity index (χ1v) is 7.86. The van der Waals surface area contributed by atoms with Crippen LogP contribution in [0.2, 0.25) is 10.0 Å². The highest BCUT2D eigenvalue weighted by Crippen LogP contribution is 2.25. The normalized spacial score (nSPS) is 12.0. The van der Waals surface area contributed by atoms with Gasteiger partial charge in [0.05, 0.1) is 10.7 Å². The molecule has 2 aromatic carbocycles. The van der Waals surface area contributed by atoms with E-state index in [0.717, 1.165) is 6.54 Å². The Kier molecular flexibility index (Phi) is 5.83. The lowest BCUT2D eigenvalue weighted by molar-refractivity contribution is -0.688. The quantitative estimate of drug-likeness (QED) is 0.862. The van der Waals surface area contributed by atoms with E-state index in [1.54, 1.807) is 18.2 Å². The van der Waals surface area contributed by atoms with E-state index in [2.05, 4.69) is 36.5 Å². The molecule has 0 aliphatic rings. The topological polar surface area (TPSA) is 45.7 Å². The molecular formula is C17H19Cl2N2O+. The summed E-state index contributed by atoms with van der Waals surface area (Å²) in [6, 6.07) is 13.1. The molecule has 0 spiro atoms. The van der Waals surface area contributed by atoms with E-state index in [-0.39, 0.29) is 11.9 Å². The lowest BCUT2D eigenvalue weighted by Crippen LogP contribution is -2.90. The summed E-state index contributed by atoms with van der Waals surface area (Å²) < 4.78 is 0. The molecule has 1 amide bonds.